The lowest BCUT2D eigenvalue weighted by molar-refractivity contribution is -0.0769. The summed E-state index contributed by atoms with van der Waals surface area (Å²) >= 11 is 0. The van der Waals surface area contributed by atoms with Crippen LogP contribution in [0.2, 0.25) is 0 Å². The molecule has 1 aromatic carbocycles. The van der Waals surface area contributed by atoms with Gasteiger partial charge < -0.3 is 4.74 Å². The van der Waals surface area contributed by atoms with Crippen LogP contribution in [-0.4, -0.2) is 4.98 Å². The molecule has 2 aromatic rings. The first kappa shape index (κ1) is 12.9. The zero-order valence-electron chi connectivity index (χ0n) is 9.51. The number of rotatable bonds is 3. The van der Waals surface area contributed by atoms with Gasteiger partial charge in [0.25, 0.3) is 6.29 Å². The fraction of sp³-hybridized carbons (Fsp3) is 0.0769. The highest BCUT2D eigenvalue weighted by molar-refractivity contribution is 5.37. The summed E-state index contributed by atoms with van der Waals surface area (Å²) in [5, 5.41) is 20.5. The van der Waals surface area contributed by atoms with Crippen LogP contribution in [0.4, 0.5) is 8.78 Å². The summed E-state index contributed by atoms with van der Waals surface area (Å²) in [6.45, 7) is 0. The third kappa shape index (κ3) is 2.67. The molecule has 19 heavy (non-hydrogen) atoms. The molecule has 1 atom stereocenters. The van der Waals surface area contributed by atoms with Crippen molar-refractivity contribution in [3.05, 3.63) is 59.4 Å². The van der Waals surface area contributed by atoms with Gasteiger partial charge in [0.15, 0.2) is 23.1 Å². The molecule has 1 aromatic heterocycles. The van der Waals surface area contributed by atoms with Crippen molar-refractivity contribution >= 4 is 0 Å². The molecule has 2 rings (SSSR count). The quantitative estimate of drug-likeness (QED) is 0.798. The van der Waals surface area contributed by atoms with Crippen LogP contribution in [0.1, 0.15) is 17.5 Å². The van der Waals surface area contributed by atoms with Crippen LogP contribution < -0.4 is 4.74 Å². The van der Waals surface area contributed by atoms with Crippen molar-refractivity contribution in [3.63, 3.8) is 0 Å². The molecule has 0 bridgehead atoms. The van der Waals surface area contributed by atoms with Crippen molar-refractivity contribution in [2.24, 2.45) is 0 Å². The Balaban J connectivity index is 2.29. The molecule has 0 aliphatic heterocycles. The average Bonchev–Trinajstić information content (AvgIpc) is 2.42. The number of nitriles is 1. The highest BCUT2D eigenvalue weighted by Crippen LogP contribution is 2.25. The molecule has 0 aliphatic carbocycles. The molecule has 0 saturated carbocycles. The van der Waals surface area contributed by atoms with Gasteiger partial charge in [-0.3, -0.25) is 0 Å². The minimum Gasteiger partial charge on any atom is -0.455 e. The Hall–Kier alpha value is -2.52. The van der Waals surface area contributed by atoms with E-state index in [-0.39, 0.29) is 11.4 Å². The number of hydrogen-bond donors (Lipinski definition) is 0. The third-order valence-electron chi connectivity index (χ3n) is 2.35. The van der Waals surface area contributed by atoms with E-state index in [2.05, 4.69) is 4.98 Å². The van der Waals surface area contributed by atoms with E-state index >= 15 is 0 Å². The molecule has 0 aliphatic rings. The van der Waals surface area contributed by atoms with Crippen LogP contribution in [-0.2, 0) is 5.11 Å². The molecule has 95 valence electrons. The monoisotopic (exact) mass is 261 g/mol. The normalized spacial score (nSPS) is 11.7. The zero-order chi connectivity index (χ0) is 13.8. The third-order valence-corrected chi connectivity index (χ3v) is 2.35. The van der Waals surface area contributed by atoms with Gasteiger partial charge in [0.1, 0.15) is 6.07 Å². The van der Waals surface area contributed by atoms with Gasteiger partial charge >= 0.3 is 0 Å². The fourth-order valence-electron chi connectivity index (χ4n) is 1.45. The number of halogens is 2. The van der Waals surface area contributed by atoms with Crippen molar-refractivity contribution in [1.29, 1.82) is 5.26 Å². The first-order valence-corrected chi connectivity index (χ1v) is 5.25. The summed E-state index contributed by atoms with van der Waals surface area (Å²) in [5.41, 5.74) is -0.562. The highest BCUT2D eigenvalue weighted by Gasteiger charge is 2.20. The Morgan fingerprint density at radius 3 is 2.79 bits per heavy atom. The Labute approximate surface area is 107 Å². The molecule has 0 fully saturated rings. The number of hydrogen-bond acceptors (Lipinski definition) is 3. The maximum absolute atomic E-state index is 13.4. The number of ether oxygens (including phenoxy) is 1. The van der Waals surface area contributed by atoms with Gasteiger partial charge in [-0.2, -0.15) is 10.4 Å². The Kier molecular flexibility index (Phi) is 3.68. The van der Waals surface area contributed by atoms with Gasteiger partial charge in [0, 0.05) is 6.20 Å². The SMILES string of the molecule is N#Cc1ncccc1OC([O])c1cccc(F)c1F. The van der Waals surface area contributed by atoms with Gasteiger partial charge in [-0.1, -0.05) is 6.07 Å². The predicted molar refractivity (Wildman–Crippen MR) is 59.4 cm³/mol. The second-order valence-corrected chi connectivity index (χ2v) is 3.55. The molecule has 1 radical (unpaired) electrons. The van der Waals surface area contributed by atoms with Crippen molar-refractivity contribution in [2.45, 2.75) is 6.29 Å². The molecule has 0 spiro atoms. The van der Waals surface area contributed by atoms with Gasteiger partial charge in [0.05, 0.1) is 5.56 Å². The van der Waals surface area contributed by atoms with Crippen molar-refractivity contribution < 1.29 is 18.6 Å². The number of pyridine rings is 1. The van der Waals surface area contributed by atoms with Crippen LogP contribution in [0, 0.1) is 23.0 Å². The smallest absolute Gasteiger partial charge is 0.260 e. The minimum atomic E-state index is -1.98. The van der Waals surface area contributed by atoms with Crippen molar-refractivity contribution in [2.75, 3.05) is 0 Å². The number of aromatic nitrogens is 1. The van der Waals surface area contributed by atoms with Gasteiger partial charge in [0.2, 0.25) is 0 Å². The summed E-state index contributed by atoms with van der Waals surface area (Å²) in [6.07, 6.45) is -0.624. The zero-order valence-corrected chi connectivity index (χ0v) is 9.51. The summed E-state index contributed by atoms with van der Waals surface area (Å²) in [5.74, 6) is -2.47. The molecule has 1 heterocycles. The standard InChI is InChI=1S/C13H7F2N2O2/c14-9-4-1-3-8(12(9)15)13(18)19-11-5-2-6-17-10(11)7-16/h1-6,13H. The van der Waals surface area contributed by atoms with Crippen LogP contribution in [0.3, 0.4) is 0 Å². The highest BCUT2D eigenvalue weighted by atomic mass is 19.2. The molecule has 4 nitrogen and oxygen atoms in total. The Morgan fingerprint density at radius 2 is 2.05 bits per heavy atom. The largest absolute Gasteiger partial charge is 0.455 e. The van der Waals surface area contributed by atoms with E-state index in [0.29, 0.717) is 0 Å². The molecular formula is C13H7F2N2O2. The van der Waals surface area contributed by atoms with E-state index in [4.69, 9.17) is 10.00 Å². The molecule has 1 unspecified atom stereocenters. The molecule has 0 N–H and O–H groups in total. The minimum absolute atomic E-state index is 0.0753. The topological polar surface area (TPSA) is 65.8 Å². The van der Waals surface area contributed by atoms with Crippen molar-refractivity contribution in [1.82, 2.24) is 4.98 Å². The first-order chi connectivity index (χ1) is 9.13. The molecular weight excluding hydrogens is 254 g/mol. The fourth-order valence-corrected chi connectivity index (χ4v) is 1.45. The average molecular weight is 261 g/mol. The molecule has 0 amide bonds. The lowest BCUT2D eigenvalue weighted by atomic mass is 10.2. The van der Waals surface area contributed by atoms with Crippen LogP contribution in [0.5, 0.6) is 5.75 Å². The van der Waals surface area contributed by atoms with E-state index in [1.54, 1.807) is 6.07 Å². The molecule has 0 saturated heterocycles. The number of benzene rings is 1. The first-order valence-electron chi connectivity index (χ1n) is 5.25. The van der Waals surface area contributed by atoms with Crippen LogP contribution in [0.15, 0.2) is 36.5 Å². The van der Waals surface area contributed by atoms with Gasteiger partial charge in [-0.05, 0) is 24.3 Å². The Morgan fingerprint density at radius 1 is 1.26 bits per heavy atom. The van der Waals surface area contributed by atoms with E-state index in [1.165, 1.54) is 24.4 Å². The maximum atomic E-state index is 13.4. The lowest BCUT2D eigenvalue weighted by Gasteiger charge is -2.13. The van der Waals surface area contributed by atoms with Gasteiger partial charge in [-0.25, -0.2) is 13.8 Å². The summed E-state index contributed by atoms with van der Waals surface area (Å²) < 4.78 is 31.3. The van der Waals surface area contributed by atoms with E-state index < -0.39 is 23.5 Å². The maximum Gasteiger partial charge on any atom is 0.260 e. The predicted octanol–water partition coefficient (Wildman–Crippen LogP) is 2.74. The molecule has 6 heteroatoms. The second kappa shape index (κ2) is 5.42. The summed E-state index contributed by atoms with van der Waals surface area (Å²) in [7, 11) is 0. The van der Waals surface area contributed by atoms with Crippen LogP contribution >= 0.6 is 0 Å². The summed E-state index contributed by atoms with van der Waals surface area (Å²) in [4.78, 5) is 3.69. The van der Waals surface area contributed by atoms with Crippen LogP contribution in [0.25, 0.3) is 0 Å². The van der Waals surface area contributed by atoms with E-state index in [9.17, 15) is 13.9 Å². The second-order valence-electron chi connectivity index (χ2n) is 3.55. The van der Waals surface area contributed by atoms with Gasteiger partial charge in [-0.15, -0.1) is 0 Å². The Bertz CT molecular complexity index is 641. The number of nitrogens with zero attached hydrogens (tertiary/aromatic N) is 2. The lowest BCUT2D eigenvalue weighted by Crippen LogP contribution is -2.09. The van der Waals surface area contributed by atoms with E-state index in [0.717, 1.165) is 12.1 Å². The van der Waals surface area contributed by atoms with E-state index in [1.807, 2.05) is 0 Å². The summed E-state index contributed by atoms with van der Waals surface area (Å²) in [6, 6.07) is 7.78. The van der Waals surface area contributed by atoms with Crippen molar-refractivity contribution in [3.8, 4) is 11.8 Å².